The maximum absolute atomic E-state index is 13.9. The molecule has 1 aliphatic rings. The van der Waals surface area contributed by atoms with Crippen molar-refractivity contribution in [3.05, 3.63) is 87.9 Å². The van der Waals surface area contributed by atoms with E-state index < -0.39 is 0 Å². The van der Waals surface area contributed by atoms with Gasteiger partial charge in [0.05, 0.1) is 22.8 Å². The van der Waals surface area contributed by atoms with Crippen LogP contribution in [-0.2, 0) is 12.8 Å². The molecule has 0 spiro atoms. The molecule has 4 N–H and O–H groups in total. The zero-order chi connectivity index (χ0) is 18.3. The van der Waals surface area contributed by atoms with Gasteiger partial charge in [0.25, 0.3) is 0 Å². The summed E-state index contributed by atoms with van der Waals surface area (Å²) in [5, 5.41) is 1.55. The van der Waals surface area contributed by atoms with Crippen molar-refractivity contribution in [2.24, 2.45) is 11.6 Å². The molecule has 3 aromatic rings. The van der Waals surface area contributed by atoms with Gasteiger partial charge in [-0.3, -0.25) is 9.58 Å². The van der Waals surface area contributed by atoms with Crippen LogP contribution in [0.5, 0.6) is 0 Å². The molecule has 0 unspecified atom stereocenters. The van der Waals surface area contributed by atoms with Crippen molar-refractivity contribution in [1.82, 2.24) is 9.55 Å². The number of hydrogen-bond donors (Lipinski definition) is 2. The van der Waals surface area contributed by atoms with E-state index in [9.17, 15) is 4.39 Å². The topological polar surface area (TPSA) is 73.1 Å². The van der Waals surface area contributed by atoms with Gasteiger partial charge in [-0.05, 0) is 33.6 Å². The molecule has 26 heavy (non-hydrogen) atoms. The van der Waals surface area contributed by atoms with Gasteiger partial charge in [0.2, 0.25) is 0 Å². The summed E-state index contributed by atoms with van der Waals surface area (Å²) in [6.45, 7) is 0. The second-order valence-electron chi connectivity index (χ2n) is 6.17. The normalized spacial score (nSPS) is 15.3. The standard InChI is InChI=1S/C19H17BrFN5/c20-19-18-10-16(14(22)8-12-4-2-1-3-5-12)26(23)15-7-6-13(21)9-17(15)25(18)11-24-19/h1-7,9,11H,8,10,22-23H2/b16-14-. The minimum Gasteiger partial charge on any atom is -0.400 e. The molecule has 5 nitrogen and oxygen atoms in total. The molecule has 0 radical (unpaired) electrons. The van der Waals surface area contributed by atoms with Gasteiger partial charge in [0.1, 0.15) is 16.7 Å². The summed E-state index contributed by atoms with van der Waals surface area (Å²) in [6, 6.07) is 14.5. The number of nitrogens with two attached hydrogens (primary N) is 2. The van der Waals surface area contributed by atoms with Crippen LogP contribution in [0.2, 0.25) is 0 Å². The molecule has 0 amide bonds. The monoisotopic (exact) mass is 413 g/mol. The number of allylic oxidation sites excluding steroid dienone is 2. The molecule has 1 aromatic heterocycles. The Morgan fingerprint density at radius 1 is 1.15 bits per heavy atom. The van der Waals surface area contributed by atoms with Crippen LogP contribution in [0.1, 0.15) is 11.3 Å². The van der Waals surface area contributed by atoms with Gasteiger partial charge >= 0.3 is 0 Å². The van der Waals surface area contributed by atoms with E-state index in [-0.39, 0.29) is 5.82 Å². The van der Waals surface area contributed by atoms with Gasteiger partial charge in [0, 0.05) is 24.6 Å². The zero-order valence-corrected chi connectivity index (χ0v) is 15.4. The minimum absolute atomic E-state index is 0.336. The Kier molecular flexibility index (Phi) is 4.26. The first-order valence-corrected chi connectivity index (χ1v) is 8.92. The molecule has 0 fully saturated rings. The van der Waals surface area contributed by atoms with Crippen molar-refractivity contribution in [3.8, 4) is 5.69 Å². The van der Waals surface area contributed by atoms with Crippen LogP contribution in [0.15, 0.2) is 70.9 Å². The van der Waals surface area contributed by atoms with Crippen molar-refractivity contribution in [2.45, 2.75) is 12.8 Å². The fraction of sp³-hybridized carbons (Fsp3) is 0.105. The molecule has 0 saturated heterocycles. The highest BCUT2D eigenvalue weighted by Crippen LogP contribution is 2.35. The summed E-state index contributed by atoms with van der Waals surface area (Å²) in [4.78, 5) is 4.31. The van der Waals surface area contributed by atoms with Crippen molar-refractivity contribution in [2.75, 3.05) is 5.01 Å². The van der Waals surface area contributed by atoms with Crippen LogP contribution < -0.4 is 16.6 Å². The largest absolute Gasteiger partial charge is 0.400 e. The summed E-state index contributed by atoms with van der Waals surface area (Å²) >= 11 is 3.47. The molecule has 0 bridgehead atoms. The smallest absolute Gasteiger partial charge is 0.128 e. The summed E-state index contributed by atoms with van der Waals surface area (Å²) in [5.74, 6) is 6.07. The van der Waals surface area contributed by atoms with Crippen LogP contribution >= 0.6 is 15.9 Å². The van der Waals surface area contributed by atoms with Crippen LogP contribution in [0.25, 0.3) is 5.69 Å². The number of hydrazine groups is 1. The first kappa shape index (κ1) is 16.8. The van der Waals surface area contributed by atoms with Gasteiger partial charge in [-0.1, -0.05) is 30.3 Å². The Labute approximate surface area is 158 Å². The molecular formula is C19H17BrFN5. The highest BCUT2D eigenvalue weighted by molar-refractivity contribution is 9.10. The minimum atomic E-state index is -0.336. The van der Waals surface area contributed by atoms with Crippen LogP contribution in [0, 0.1) is 5.82 Å². The van der Waals surface area contributed by atoms with Gasteiger partial charge in [-0.25, -0.2) is 15.2 Å². The van der Waals surface area contributed by atoms with E-state index in [1.54, 1.807) is 17.4 Å². The quantitative estimate of drug-likeness (QED) is 0.631. The maximum atomic E-state index is 13.9. The first-order valence-electron chi connectivity index (χ1n) is 8.12. The van der Waals surface area contributed by atoms with Gasteiger partial charge in [-0.15, -0.1) is 0 Å². The number of aromatic nitrogens is 2. The lowest BCUT2D eigenvalue weighted by atomic mass is 10.1. The highest BCUT2D eigenvalue weighted by atomic mass is 79.9. The summed E-state index contributed by atoms with van der Waals surface area (Å²) in [5.41, 5.74) is 11.1. The third-order valence-corrected chi connectivity index (χ3v) is 5.17. The van der Waals surface area contributed by atoms with Crippen molar-refractivity contribution in [3.63, 3.8) is 0 Å². The third-order valence-electron chi connectivity index (χ3n) is 4.51. The molecule has 0 saturated carbocycles. The number of halogens is 2. The Hall–Kier alpha value is -2.64. The molecule has 0 atom stereocenters. The predicted molar refractivity (Wildman–Crippen MR) is 103 cm³/mol. The lowest BCUT2D eigenvalue weighted by molar-refractivity contribution is 0.626. The van der Waals surface area contributed by atoms with E-state index in [0.29, 0.717) is 34.5 Å². The Morgan fingerprint density at radius 3 is 2.69 bits per heavy atom. The fourth-order valence-corrected chi connectivity index (χ4v) is 3.61. The first-order chi connectivity index (χ1) is 12.5. The summed E-state index contributed by atoms with van der Waals surface area (Å²) < 4.78 is 16.4. The van der Waals surface area contributed by atoms with Crippen molar-refractivity contribution < 1.29 is 4.39 Å². The van der Waals surface area contributed by atoms with Gasteiger partial charge < -0.3 is 5.73 Å². The number of benzene rings is 2. The molecule has 132 valence electrons. The van der Waals surface area contributed by atoms with Crippen molar-refractivity contribution >= 4 is 21.6 Å². The number of rotatable bonds is 2. The van der Waals surface area contributed by atoms with Gasteiger partial charge in [-0.2, -0.15) is 0 Å². The maximum Gasteiger partial charge on any atom is 0.128 e. The van der Waals surface area contributed by atoms with E-state index in [1.807, 2.05) is 34.9 Å². The lowest BCUT2D eigenvalue weighted by Gasteiger charge is -2.23. The molecule has 2 heterocycles. The van der Waals surface area contributed by atoms with Crippen LogP contribution in [0.3, 0.4) is 0 Å². The van der Waals surface area contributed by atoms with Crippen LogP contribution in [0.4, 0.5) is 10.1 Å². The molecule has 0 aliphatic carbocycles. The average molecular weight is 414 g/mol. The lowest BCUT2D eigenvalue weighted by Crippen LogP contribution is -2.33. The SMILES string of the molecule is N/C(Cc1ccccc1)=C1/Cc2c(Br)ncn2-c2cc(F)ccc2N1N. The Bertz CT molecular complexity index is 996. The second kappa shape index (κ2) is 6.59. The van der Waals surface area contributed by atoms with Gasteiger partial charge in [0.15, 0.2) is 0 Å². The number of anilines is 1. The molecule has 2 aromatic carbocycles. The van der Waals surface area contributed by atoms with E-state index in [1.165, 1.54) is 12.1 Å². The fourth-order valence-electron chi connectivity index (χ4n) is 3.19. The van der Waals surface area contributed by atoms with E-state index in [2.05, 4.69) is 20.9 Å². The Morgan fingerprint density at radius 2 is 1.92 bits per heavy atom. The highest BCUT2D eigenvalue weighted by Gasteiger charge is 2.26. The van der Waals surface area contributed by atoms with Crippen molar-refractivity contribution in [1.29, 1.82) is 0 Å². The molecule has 1 aliphatic heterocycles. The van der Waals surface area contributed by atoms with Crippen LogP contribution in [-0.4, -0.2) is 9.55 Å². The number of hydrogen-bond acceptors (Lipinski definition) is 4. The van der Waals surface area contributed by atoms with E-state index in [0.717, 1.165) is 17.0 Å². The summed E-state index contributed by atoms with van der Waals surface area (Å²) in [6.07, 6.45) is 2.71. The molecule has 7 heteroatoms. The average Bonchev–Trinajstić information content (AvgIpc) is 2.94. The third kappa shape index (κ3) is 2.89. The van der Waals surface area contributed by atoms with E-state index >= 15 is 0 Å². The number of fused-ring (bicyclic) bond motifs is 3. The number of imidazole rings is 1. The summed E-state index contributed by atoms with van der Waals surface area (Å²) in [7, 11) is 0. The molecule has 4 rings (SSSR count). The number of nitrogens with zero attached hydrogens (tertiary/aromatic N) is 3. The second-order valence-corrected chi connectivity index (χ2v) is 6.92. The molecular weight excluding hydrogens is 397 g/mol. The zero-order valence-electron chi connectivity index (χ0n) is 13.9. The van der Waals surface area contributed by atoms with E-state index in [4.69, 9.17) is 11.6 Å². The Balaban J connectivity index is 1.86. The predicted octanol–water partition coefficient (Wildman–Crippen LogP) is 3.42.